The molecule has 0 atom stereocenters. The third kappa shape index (κ3) is 9.31. The molecule has 54 heavy (non-hydrogen) atoms. The van der Waals surface area contributed by atoms with Crippen molar-refractivity contribution >= 4 is 70.5 Å². The molecule has 0 saturated heterocycles. The topological polar surface area (TPSA) is 176 Å². The maximum Gasteiger partial charge on any atom is 0.294 e. The lowest BCUT2D eigenvalue weighted by atomic mass is 10.1. The zero-order valence-electron chi connectivity index (χ0n) is 29.7. The number of nitrogens with zero attached hydrogens (tertiary/aromatic N) is 4. The maximum atomic E-state index is 11.2. The fourth-order valence-corrected chi connectivity index (χ4v) is 7.78. The first-order valence-corrected chi connectivity index (χ1v) is 20.1. The van der Waals surface area contributed by atoms with Crippen LogP contribution in [-0.2, 0) is 33.8 Å². The molecule has 0 fully saturated rings. The van der Waals surface area contributed by atoms with Gasteiger partial charge in [-0.2, -0.15) is 13.0 Å². The van der Waals surface area contributed by atoms with Crippen molar-refractivity contribution in [1.29, 1.82) is 0 Å². The van der Waals surface area contributed by atoms with E-state index in [1.165, 1.54) is 29.7 Å². The molecule has 0 aliphatic carbocycles. The van der Waals surface area contributed by atoms with Crippen LogP contribution < -0.4 is 4.57 Å². The average Bonchev–Trinajstić information content (AvgIpc) is 3.64. The number of para-hydroxylation sites is 1. The first kappa shape index (κ1) is 39.6. The molecule has 278 valence electrons. The summed E-state index contributed by atoms with van der Waals surface area (Å²) in [5.74, 6) is 0. The number of aromatic nitrogens is 3. The van der Waals surface area contributed by atoms with Gasteiger partial charge in [-0.05, 0) is 69.3 Å². The Bertz CT molecular complexity index is 2620. The number of pyridine rings is 1. The number of nitro benzene ring substituents is 1. The number of hydrogen-bond acceptors (Lipinski definition) is 9. The van der Waals surface area contributed by atoms with E-state index < -0.39 is 20.2 Å². The fourth-order valence-electron chi connectivity index (χ4n) is 5.67. The molecule has 7 aromatic rings. The van der Waals surface area contributed by atoms with Gasteiger partial charge < -0.3 is 9.12 Å². The van der Waals surface area contributed by atoms with Crippen molar-refractivity contribution in [3.05, 3.63) is 147 Å². The van der Waals surface area contributed by atoms with E-state index in [1.54, 1.807) is 53.9 Å². The molecular weight excluding hydrogens is 749 g/mol. The summed E-state index contributed by atoms with van der Waals surface area (Å²) < 4.78 is 66.0. The molecule has 1 N–H and O–H groups in total. The van der Waals surface area contributed by atoms with Crippen LogP contribution in [0.25, 0.3) is 44.5 Å². The van der Waals surface area contributed by atoms with Gasteiger partial charge in [0.2, 0.25) is 5.52 Å². The molecule has 4 aromatic carbocycles. The third-order valence-corrected chi connectivity index (χ3v) is 11.2. The number of aryl methyl sites for hydroxylation is 4. The Morgan fingerprint density at radius 1 is 0.870 bits per heavy atom. The number of nitro groups is 1. The molecule has 0 saturated carbocycles. The normalized spacial score (nSPS) is 11.6. The van der Waals surface area contributed by atoms with Crippen molar-refractivity contribution in [3.8, 4) is 11.3 Å². The smallest absolute Gasteiger partial charge is 0.294 e. The van der Waals surface area contributed by atoms with Crippen molar-refractivity contribution in [1.82, 2.24) is 9.55 Å². The van der Waals surface area contributed by atoms with Crippen LogP contribution in [0.4, 0.5) is 5.69 Å². The summed E-state index contributed by atoms with van der Waals surface area (Å²) >= 11 is 1.57. The predicted octanol–water partition coefficient (Wildman–Crippen LogP) is 7.98. The average molecular weight is 785 g/mol. The number of rotatable bonds is 7. The number of thiazole rings is 1. The second kappa shape index (κ2) is 16.6. The largest absolute Gasteiger partial charge is 0.744 e. The van der Waals surface area contributed by atoms with Crippen LogP contribution in [0.15, 0.2) is 125 Å². The Morgan fingerprint density at radius 3 is 2.06 bits per heavy atom. The summed E-state index contributed by atoms with van der Waals surface area (Å²) in [6.07, 6.45) is 7.93. The Kier molecular flexibility index (Phi) is 12.2. The predicted molar refractivity (Wildman–Crippen MR) is 210 cm³/mol. The lowest BCUT2D eigenvalue weighted by Gasteiger charge is -2.05. The molecule has 15 heteroatoms. The highest BCUT2D eigenvalue weighted by Gasteiger charge is 2.21. The highest BCUT2D eigenvalue weighted by Crippen LogP contribution is 2.35. The molecule has 0 unspecified atom stereocenters. The lowest BCUT2D eigenvalue weighted by Crippen LogP contribution is -2.33. The van der Waals surface area contributed by atoms with Gasteiger partial charge in [-0.3, -0.25) is 19.7 Å². The van der Waals surface area contributed by atoms with Crippen molar-refractivity contribution < 1.29 is 35.4 Å². The molecule has 0 amide bonds. The summed E-state index contributed by atoms with van der Waals surface area (Å²) in [5, 5.41) is 13.4. The molecular formula is C39H36N4O8S3. The SMILES string of the molecule is CC[n+]1c(/C=C/c2c(-c3cccnc3)n(C)c3ccccc23)sc2cc([N+](=O)[O-])ccc21.Cc1ccc(S(=O)(=O)O)cc1.Cc1ccc(S(=O)(=O)[O-])cc1. The van der Waals surface area contributed by atoms with E-state index in [9.17, 15) is 31.5 Å². The number of non-ortho nitro benzene ring substituents is 1. The first-order valence-electron chi connectivity index (χ1n) is 16.4. The Balaban J connectivity index is 0.000000208. The van der Waals surface area contributed by atoms with E-state index in [0.29, 0.717) is 0 Å². The maximum absolute atomic E-state index is 11.2. The van der Waals surface area contributed by atoms with Gasteiger partial charge >= 0.3 is 0 Å². The zero-order chi connectivity index (χ0) is 39.2. The molecule has 0 aliphatic heterocycles. The van der Waals surface area contributed by atoms with Crippen molar-refractivity contribution in [2.45, 2.75) is 37.1 Å². The van der Waals surface area contributed by atoms with Crippen molar-refractivity contribution in [3.63, 3.8) is 0 Å². The standard InChI is InChI=1S/C25H21N4O2S.2C7H8O3S/c1-3-28-22-12-10-18(29(30)31)15-23(22)32-24(28)13-11-20-19-8-4-5-9-21(19)27(2)25(20)17-7-6-14-26-16-17;2*1-6-2-4-7(5-3-6)11(8,9)10/h4-16H,3H2,1-2H3;2*2-5H,1H3,(H,8,9,10)/q+1;;/p-1. The van der Waals surface area contributed by atoms with Gasteiger partial charge in [0.25, 0.3) is 20.8 Å². The van der Waals surface area contributed by atoms with Gasteiger partial charge in [0, 0.05) is 65.7 Å². The zero-order valence-corrected chi connectivity index (χ0v) is 32.1. The minimum atomic E-state index is -4.27. The monoisotopic (exact) mass is 784 g/mol. The second-order valence-corrected chi connectivity index (χ2v) is 15.9. The van der Waals surface area contributed by atoms with Crippen LogP contribution in [-0.4, -0.2) is 40.4 Å². The van der Waals surface area contributed by atoms with E-state index >= 15 is 0 Å². The van der Waals surface area contributed by atoms with Crippen LogP contribution in [0.2, 0.25) is 0 Å². The van der Waals surface area contributed by atoms with Crippen LogP contribution in [0.5, 0.6) is 0 Å². The lowest BCUT2D eigenvalue weighted by molar-refractivity contribution is -0.665. The van der Waals surface area contributed by atoms with Gasteiger partial charge in [0.15, 0.2) is 0 Å². The van der Waals surface area contributed by atoms with E-state index in [1.807, 2.05) is 38.2 Å². The molecule has 3 heterocycles. The molecule has 0 spiro atoms. The van der Waals surface area contributed by atoms with Gasteiger partial charge in [-0.1, -0.05) is 64.9 Å². The molecule has 3 aromatic heterocycles. The minimum Gasteiger partial charge on any atom is -0.744 e. The van der Waals surface area contributed by atoms with Crippen LogP contribution >= 0.6 is 11.3 Å². The first-order chi connectivity index (χ1) is 25.6. The molecule has 0 bridgehead atoms. The Morgan fingerprint density at radius 2 is 1.50 bits per heavy atom. The third-order valence-electron chi connectivity index (χ3n) is 8.34. The molecule has 0 aliphatic rings. The summed E-state index contributed by atoms with van der Waals surface area (Å²) in [6, 6.07) is 29.2. The fraction of sp³-hybridized carbons (Fsp3) is 0.128. The number of hydrogen-bond donors (Lipinski definition) is 1. The Labute approximate surface area is 317 Å². The summed E-state index contributed by atoms with van der Waals surface area (Å²) in [5.41, 5.74) is 7.45. The van der Waals surface area contributed by atoms with Gasteiger partial charge in [-0.15, -0.1) is 0 Å². The van der Waals surface area contributed by atoms with Crippen LogP contribution in [0.3, 0.4) is 0 Å². The quantitative estimate of drug-likeness (QED) is 0.0727. The number of fused-ring (bicyclic) bond motifs is 2. The van der Waals surface area contributed by atoms with Gasteiger partial charge in [0.1, 0.15) is 21.4 Å². The van der Waals surface area contributed by atoms with E-state index in [4.69, 9.17) is 4.55 Å². The highest BCUT2D eigenvalue weighted by molar-refractivity contribution is 7.86. The minimum absolute atomic E-state index is 0.0666. The molecule has 12 nitrogen and oxygen atoms in total. The summed E-state index contributed by atoms with van der Waals surface area (Å²) in [4.78, 5) is 14.9. The van der Waals surface area contributed by atoms with Gasteiger partial charge in [0.05, 0.1) is 20.4 Å². The van der Waals surface area contributed by atoms with Crippen LogP contribution in [0, 0.1) is 24.0 Å². The number of benzene rings is 4. The highest BCUT2D eigenvalue weighted by atomic mass is 32.2. The van der Waals surface area contributed by atoms with Crippen LogP contribution in [0.1, 0.15) is 28.6 Å². The molecule has 0 radical (unpaired) electrons. The van der Waals surface area contributed by atoms with E-state index in [-0.39, 0.29) is 20.4 Å². The molecule has 7 rings (SSSR count). The van der Waals surface area contributed by atoms with Crippen molar-refractivity contribution in [2.24, 2.45) is 7.05 Å². The van der Waals surface area contributed by atoms with E-state index in [2.05, 4.69) is 64.5 Å². The van der Waals surface area contributed by atoms with Crippen molar-refractivity contribution in [2.75, 3.05) is 0 Å². The summed E-state index contributed by atoms with van der Waals surface area (Å²) in [7, 11) is -6.21. The Hall–Kier alpha value is -5.58. The van der Waals surface area contributed by atoms with Gasteiger partial charge in [-0.25, -0.2) is 8.42 Å². The second-order valence-electron chi connectivity index (χ2n) is 12.1. The summed E-state index contributed by atoms with van der Waals surface area (Å²) in [6.45, 7) is 6.53. The van der Waals surface area contributed by atoms with E-state index in [0.717, 1.165) is 55.2 Å².